The summed E-state index contributed by atoms with van der Waals surface area (Å²) in [5, 5.41) is 0. The summed E-state index contributed by atoms with van der Waals surface area (Å²) in [6.45, 7) is 0. The summed E-state index contributed by atoms with van der Waals surface area (Å²) in [5.41, 5.74) is 1.05. The van der Waals surface area contributed by atoms with Crippen molar-refractivity contribution in [3.63, 3.8) is 0 Å². The molecule has 0 heterocycles. The molecule has 0 saturated heterocycles. The largest absolute Gasteiger partial charge is 0.469 e. The molecule has 19 heavy (non-hydrogen) atoms. The van der Waals surface area contributed by atoms with Crippen molar-refractivity contribution in [1.82, 2.24) is 0 Å². The summed E-state index contributed by atoms with van der Waals surface area (Å²) in [7, 11) is 1.40. The number of aryl methyl sites for hydroxylation is 1. The van der Waals surface area contributed by atoms with Crippen LogP contribution in [0, 0.1) is 0 Å². The lowest BCUT2D eigenvalue weighted by Gasteiger charge is -2.07. The third kappa shape index (κ3) is 4.14. The predicted molar refractivity (Wildman–Crippen MR) is 73.3 cm³/mol. The van der Waals surface area contributed by atoms with E-state index in [2.05, 4.69) is 4.74 Å². The van der Waals surface area contributed by atoms with Gasteiger partial charge in [-0.25, -0.2) is 0 Å². The molecule has 2 aromatic carbocycles. The SMILES string of the molecule is COC(=O)CCc1cccc(Oc2ccccc2)c1. The van der Waals surface area contributed by atoms with E-state index in [9.17, 15) is 4.79 Å². The molecule has 0 atom stereocenters. The molecule has 0 aliphatic rings. The number of carbonyl (C=O) groups excluding carboxylic acids is 1. The zero-order valence-corrected chi connectivity index (χ0v) is 10.8. The molecule has 98 valence electrons. The fraction of sp³-hybridized carbons (Fsp3) is 0.188. The molecule has 0 radical (unpaired) electrons. The van der Waals surface area contributed by atoms with E-state index >= 15 is 0 Å². The molecule has 2 rings (SSSR count). The van der Waals surface area contributed by atoms with E-state index in [1.165, 1.54) is 7.11 Å². The van der Waals surface area contributed by atoms with E-state index in [-0.39, 0.29) is 5.97 Å². The molecule has 0 aliphatic carbocycles. The summed E-state index contributed by atoms with van der Waals surface area (Å²) in [4.78, 5) is 11.1. The number of esters is 1. The fourth-order valence-electron chi connectivity index (χ4n) is 1.74. The maximum Gasteiger partial charge on any atom is 0.305 e. The van der Waals surface area contributed by atoms with Gasteiger partial charge in [0.05, 0.1) is 7.11 Å². The number of hydrogen-bond acceptors (Lipinski definition) is 3. The van der Waals surface area contributed by atoms with Crippen LogP contribution in [0.2, 0.25) is 0 Å². The Kier molecular flexibility index (Phi) is 4.56. The Balaban J connectivity index is 2.01. The maximum atomic E-state index is 11.1. The molecule has 0 aromatic heterocycles. The third-order valence-electron chi connectivity index (χ3n) is 2.72. The number of hydrogen-bond donors (Lipinski definition) is 0. The minimum Gasteiger partial charge on any atom is -0.469 e. The highest BCUT2D eigenvalue weighted by Gasteiger charge is 2.03. The van der Waals surface area contributed by atoms with Gasteiger partial charge in [0.15, 0.2) is 0 Å². The minimum atomic E-state index is -0.200. The molecule has 0 amide bonds. The van der Waals surface area contributed by atoms with Gasteiger partial charge < -0.3 is 9.47 Å². The Morgan fingerprint density at radius 1 is 1.00 bits per heavy atom. The normalized spacial score (nSPS) is 9.95. The van der Waals surface area contributed by atoms with Gasteiger partial charge in [0.25, 0.3) is 0 Å². The first-order valence-corrected chi connectivity index (χ1v) is 6.16. The summed E-state index contributed by atoms with van der Waals surface area (Å²) in [5.74, 6) is 1.37. The van der Waals surface area contributed by atoms with Crippen LogP contribution in [0.1, 0.15) is 12.0 Å². The lowest BCUT2D eigenvalue weighted by molar-refractivity contribution is -0.140. The van der Waals surface area contributed by atoms with Crippen molar-refractivity contribution in [2.24, 2.45) is 0 Å². The quantitative estimate of drug-likeness (QED) is 0.767. The van der Waals surface area contributed by atoms with Crippen LogP contribution < -0.4 is 4.74 Å². The second-order valence-electron chi connectivity index (χ2n) is 4.14. The lowest BCUT2D eigenvalue weighted by Crippen LogP contribution is -2.01. The summed E-state index contributed by atoms with van der Waals surface area (Å²) in [6, 6.07) is 17.3. The van der Waals surface area contributed by atoms with Crippen molar-refractivity contribution in [2.75, 3.05) is 7.11 Å². The van der Waals surface area contributed by atoms with Crippen molar-refractivity contribution < 1.29 is 14.3 Å². The first kappa shape index (κ1) is 13.1. The molecule has 3 nitrogen and oxygen atoms in total. The highest BCUT2D eigenvalue weighted by Crippen LogP contribution is 2.22. The van der Waals surface area contributed by atoms with Crippen molar-refractivity contribution in [2.45, 2.75) is 12.8 Å². The van der Waals surface area contributed by atoms with Crippen LogP contribution in [-0.4, -0.2) is 13.1 Å². The molecule has 0 saturated carbocycles. The van der Waals surface area contributed by atoms with Crippen molar-refractivity contribution >= 4 is 5.97 Å². The van der Waals surface area contributed by atoms with Crippen molar-refractivity contribution in [1.29, 1.82) is 0 Å². The number of methoxy groups -OCH3 is 1. The van der Waals surface area contributed by atoms with Crippen LogP contribution in [0.25, 0.3) is 0 Å². The van der Waals surface area contributed by atoms with Crippen LogP contribution in [0.3, 0.4) is 0 Å². The predicted octanol–water partition coefficient (Wildman–Crippen LogP) is 3.58. The summed E-state index contributed by atoms with van der Waals surface area (Å²) < 4.78 is 10.4. The van der Waals surface area contributed by atoms with E-state index in [1.54, 1.807) is 0 Å². The maximum absolute atomic E-state index is 11.1. The zero-order chi connectivity index (χ0) is 13.5. The standard InChI is InChI=1S/C16H16O3/c1-18-16(17)11-10-13-6-5-9-15(12-13)19-14-7-3-2-4-8-14/h2-9,12H,10-11H2,1H3. The number of ether oxygens (including phenoxy) is 2. The molecule has 0 unspecified atom stereocenters. The Labute approximate surface area is 112 Å². The van der Waals surface area contributed by atoms with Gasteiger partial charge in [0.2, 0.25) is 0 Å². The van der Waals surface area contributed by atoms with Crippen LogP contribution in [0.5, 0.6) is 11.5 Å². The summed E-state index contributed by atoms with van der Waals surface area (Å²) in [6.07, 6.45) is 1.03. The monoisotopic (exact) mass is 256 g/mol. The second kappa shape index (κ2) is 6.59. The van der Waals surface area contributed by atoms with E-state index < -0.39 is 0 Å². The van der Waals surface area contributed by atoms with E-state index in [4.69, 9.17) is 4.74 Å². The molecule has 2 aromatic rings. The van der Waals surface area contributed by atoms with Gasteiger partial charge in [-0.3, -0.25) is 4.79 Å². The highest BCUT2D eigenvalue weighted by atomic mass is 16.5. The topological polar surface area (TPSA) is 35.5 Å². The number of benzene rings is 2. The minimum absolute atomic E-state index is 0.200. The Hall–Kier alpha value is -2.29. The van der Waals surface area contributed by atoms with Crippen LogP contribution in [0.4, 0.5) is 0 Å². The lowest BCUT2D eigenvalue weighted by atomic mass is 10.1. The summed E-state index contributed by atoms with van der Waals surface area (Å²) >= 11 is 0. The van der Waals surface area contributed by atoms with Gasteiger partial charge in [0, 0.05) is 6.42 Å². The molecule has 0 aliphatic heterocycles. The van der Waals surface area contributed by atoms with Crippen molar-refractivity contribution in [3.05, 3.63) is 60.2 Å². The molecule has 0 N–H and O–H groups in total. The van der Waals surface area contributed by atoms with Gasteiger partial charge in [-0.1, -0.05) is 30.3 Å². The average molecular weight is 256 g/mol. The third-order valence-corrected chi connectivity index (χ3v) is 2.72. The molecule has 0 bridgehead atoms. The van der Waals surface area contributed by atoms with Gasteiger partial charge in [-0.2, -0.15) is 0 Å². The van der Waals surface area contributed by atoms with Crippen LogP contribution >= 0.6 is 0 Å². The number of rotatable bonds is 5. The van der Waals surface area contributed by atoms with Crippen LogP contribution in [0.15, 0.2) is 54.6 Å². The first-order valence-electron chi connectivity index (χ1n) is 6.16. The molecule has 0 spiro atoms. The van der Waals surface area contributed by atoms with Crippen LogP contribution in [-0.2, 0) is 16.0 Å². The average Bonchev–Trinajstić information content (AvgIpc) is 2.46. The Bertz CT molecular complexity index is 535. The van der Waals surface area contributed by atoms with E-state index in [0.29, 0.717) is 12.8 Å². The molecule has 0 fully saturated rings. The Morgan fingerprint density at radius 2 is 1.74 bits per heavy atom. The van der Waals surface area contributed by atoms with Gasteiger partial charge in [-0.05, 0) is 36.2 Å². The Morgan fingerprint density at radius 3 is 2.47 bits per heavy atom. The van der Waals surface area contributed by atoms with Crippen molar-refractivity contribution in [3.8, 4) is 11.5 Å². The highest BCUT2D eigenvalue weighted by molar-refractivity contribution is 5.69. The first-order chi connectivity index (χ1) is 9.28. The fourth-order valence-corrected chi connectivity index (χ4v) is 1.74. The smallest absolute Gasteiger partial charge is 0.305 e. The molecule has 3 heteroatoms. The van der Waals surface area contributed by atoms with Gasteiger partial charge in [-0.15, -0.1) is 0 Å². The second-order valence-corrected chi connectivity index (χ2v) is 4.14. The van der Waals surface area contributed by atoms with E-state index in [1.807, 2.05) is 54.6 Å². The zero-order valence-electron chi connectivity index (χ0n) is 10.8. The van der Waals surface area contributed by atoms with Gasteiger partial charge in [0.1, 0.15) is 11.5 Å². The molecular formula is C16H16O3. The van der Waals surface area contributed by atoms with Gasteiger partial charge >= 0.3 is 5.97 Å². The molecular weight excluding hydrogens is 240 g/mol. The number of para-hydroxylation sites is 1. The number of carbonyl (C=O) groups is 1. The van der Waals surface area contributed by atoms with E-state index in [0.717, 1.165) is 17.1 Å².